The second-order valence-electron chi connectivity index (χ2n) is 3.89. The van der Waals surface area contributed by atoms with E-state index in [9.17, 15) is 9.90 Å². The maximum absolute atomic E-state index is 11.7. The fourth-order valence-corrected chi connectivity index (χ4v) is 1.68. The number of Topliss-reactive ketones (excluding diaryl/α,β-unsaturated/α-hetero) is 1. The van der Waals surface area contributed by atoms with Gasteiger partial charge in [0.15, 0.2) is 5.76 Å². The van der Waals surface area contributed by atoms with Crippen LogP contribution in [0.15, 0.2) is 28.7 Å². The monoisotopic (exact) mass is 218 g/mol. The van der Waals surface area contributed by atoms with Gasteiger partial charge in [-0.3, -0.25) is 4.79 Å². The summed E-state index contributed by atoms with van der Waals surface area (Å²) in [5, 5.41) is 10.4. The zero-order valence-electron chi connectivity index (χ0n) is 9.36. The van der Waals surface area contributed by atoms with Crippen molar-refractivity contribution in [1.82, 2.24) is 0 Å². The van der Waals surface area contributed by atoms with Crippen LogP contribution < -0.4 is 0 Å². The molecule has 2 rings (SSSR count). The third-order valence-corrected chi connectivity index (χ3v) is 2.67. The summed E-state index contributed by atoms with van der Waals surface area (Å²) in [6.07, 6.45) is -0.574. The lowest BCUT2D eigenvalue weighted by Gasteiger charge is -2.02. The van der Waals surface area contributed by atoms with Crippen molar-refractivity contribution in [1.29, 1.82) is 0 Å². The van der Waals surface area contributed by atoms with Gasteiger partial charge in [-0.15, -0.1) is 0 Å². The number of carbonyl (C=O) groups excluding carboxylic acids is 1. The van der Waals surface area contributed by atoms with Gasteiger partial charge in [-0.05, 0) is 25.0 Å². The van der Waals surface area contributed by atoms with E-state index in [0.717, 1.165) is 10.9 Å². The topological polar surface area (TPSA) is 50.4 Å². The molecule has 1 N–H and O–H groups in total. The molecule has 0 fully saturated rings. The summed E-state index contributed by atoms with van der Waals surface area (Å²) in [5.41, 5.74) is 1.71. The van der Waals surface area contributed by atoms with Crippen molar-refractivity contribution in [2.45, 2.75) is 26.4 Å². The lowest BCUT2D eigenvalue weighted by Crippen LogP contribution is -2.18. The number of hydrogen-bond donors (Lipinski definition) is 1. The molecule has 1 unspecified atom stereocenters. The van der Waals surface area contributed by atoms with E-state index in [1.54, 1.807) is 13.0 Å². The molecular weight excluding hydrogens is 204 g/mol. The van der Waals surface area contributed by atoms with Crippen LogP contribution in [0.5, 0.6) is 0 Å². The number of fused-ring (bicyclic) bond motifs is 1. The zero-order chi connectivity index (χ0) is 11.7. The summed E-state index contributed by atoms with van der Waals surface area (Å²) in [6, 6.07) is 7.42. The summed E-state index contributed by atoms with van der Waals surface area (Å²) in [5.74, 6) is -0.114. The highest BCUT2D eigenvalue weighted by molar-refractivity contribution is 6.00. The standard InChI is InChI=1S/C13H14O3/c1-3-10(14)12(15)11-7-9-6-4-5-8(2)13(9)16-11/h4-7,10,14H,3H2,1-2H3. The smallest absolute Gasteiger partial charge is 0.226 e. The lowest BCUT2D eigenvalue weighted by molar-refractivity contribution is 0.0713. The lowest BCUT2D eigenvalue weighted by atomic mass is 10.1. The molecule has 0 radical (unpaired) electrons. The van der Waals surface area contributed by atoms with Crippen molar-refractivity contribution in [2.75, 3.05) is 0 Å². The Morgan fingerprint density at radius 1 is 1.50 bits per heavy atom. The Labute approximate surface area is 93.7 Å². The second-order valence-corrected chi connectivity index (χ2v) is 3.89. The highest BCUT2D eigenvalue weighted by Gasteiger charge is 2.19. The third kappa shape index (κ3) is 1.74. The minimum Gasteiger partial charge on any atom is -0.453 e. The first-order valence-electron chi connectivity index (χ1n) is 5.35. The van der Waals surface area contributed by atoms with Gasteiger partial charge in [-0.2, -0.15) is 0 Å². The van der Waals surface area contributed by atoms with Crippen LogP contribution in [0.2, 0.25) is 0 Å². The van der Waals surface area contributed by atoms with Gasteiger partial charge in [-0.25, -0.2) is 0 Å². The molecule has 1 atom stereocenters. The molecule has 0 aliphatic heterocycles. The number of furan rings is 1. The highest BCUT2D eigenvalue weighted by atomic mass is 16.4. The predicted octanol–water partition coefficient (Wildman–Crippen LogP) is 2.69. The van der Waals surface area contributed by atoms with E-state index in [2.05, 4.69) is 0 Å². The Morgan fingerprint density at radius 3 is 2.88 bits per heavy atom. The van der Waals surface area contributed by atoms with E-state index in [1.807, 2.05) is 25.1 Å². The normalized spacial score (nSPS) is 12.9. The fraction of sp³-hybridized carbons (Fsp3) is 0.308. The van der Waals surface area contributed by atoms with Crippen LogP contribution in [-0.4, -0.2) is 17.0 Å². The maximum atomic E-state index is 11.7. The van der Waals surface area contributed by atoms with E-state index in [-0.39, 0.29) is 11.5 Å². The van der Waals surface area contributed by atoms with E-state index < -0.39 is 6.10 Å². The summed E-state index contributed by atoms with van der Waals surface area (Å²) < 4.78 is 5.47. The maximum Gasteiger partial charge on any atom is 0.226 e. The second kappa shape index (κ2) is 4.10. The molecule has 0 bridgehead atoms. The average molecular weight is 218 g/mol. The molecule has 0 saturated carbocycles. The van der Waals surface area contributed by atoms with Crippen LogP contribution in [0.4, 0.5) is 0 Å². The largest absolute Gasteiger partial charge is 0.453 e. The molecule has 16 heavy (non-hydrogen) atoms. The van der Waals surface area contributed by atoms with Crippen molar-refractivity contribution < 1.29 is 14.3 Å². The highest BCUT2D eigenvalue weighted by Crippen LogP contribution is 2.23. The van der Waals surface area contributed by atoms with Crippen molar-refractivity contribution in [2.24, 2.45) is 0 Å². The molecule has 0 aliphatic carbocycles. The number of rotatable bonds is 3. The van der Waals surface area contributed by atoms with Gasteiger partial charge in [0.1, 0.15) is 11.7 Å². The van der Waals surface area contributed by atoms with Gasteiger partial charge in [0.25, 0.3) is 0 Å². The number of carbonyl (C=O) groups is 1. The Kier molecular flexibility index (Phi) is 2.79. The zero-order valence-corrected chi connectivity index (χ0v) is 9.36. The molecule has 1 heterocycles. The molecule has 0 saturated heterocycles. The molecule has 0 amide bonds. The summed E-state index contributed by atoms with van der Waals surface area (Å²) >= 11 is 0. The van der Waals surface area contributed by atoms with Crippen LogP contribution in [0.1, 0.15) is 29.5 Å². The molecule has 0 spiro atoms. The first-order chi connectivity index (χ1) is 7.63. The summed E-state index contributed by atoms with van der Waals surface area (Å²) in [7, 11) is 0. The van der Waals surface area contributed by atoms with Gasteiger partial charge in [0.05, 0.1) is 0 Å². The van der Waals surface area contributed by atoms with Crippen molar-refractivity contribution in [3.63, 3.8) is 0 Å². The van der Waals surface area contributed by atoms with Gasteiger partial charge < -0.3 is 9.52 Å². The first kappa shape index (κ1) is 10.9. The van der Waals surface area contributed by atoms with Crippen LogP contribution in [0.3, 0.4) is 0 Å². The number of benzene rings is 1. The minimum absolute atomic E-state index is 0.235. The molecule has 1 aromatic heterocycles. The van der Waals surface area contributed by atoms with E-state index in [0.29, 0.717) is 12.0 Å². The number of ketones is 1. The Morgan fingerprint density at radius 2 is 2.25 bits per heavy atom. The van der Waals surface area contributed by atoms with Gasteiger partial charge in [-0.1, -0.05) is 25.1 Å². The van der Waals surface area contributed by atoms with Crippen molar-refractivity contribution >= 4 is 16.8 Å². The Hall–Kier alpha value is -1.61. The minimum atomic E-state index is -0.971. The SMILES string of the molecule is CCC(O)C(=O)c1cc2cccc(C)c2o1. The molecule has 3 heteroatoms. The Bertz CT molecular complexity index is 525. The first-order valence-corrected chi connectivity index (χ1v) is 5.35. The quantitative estimate of drug-likeness (QED) is 0.806. The van der Waals surface area contributed by atoms with Gasteiger partial charge in [0.2, 0.25) is 5.78 Å². The molecule has 84 valence electrons. The number of aryl methyl sites for hydroxylation is 1. The molecule has 3 nitrogen and oxygen atoms in total. The van der Waals surface area contributed by atoms with Crippen molar-refractivity contribution in [3.8, 4) is 0 Å². The average Bonchev–Trinajstić information content (AvgIpc) is 2.72. The fourth-order valence-electron chi connectivity index (χ4n) is 1.68. The Balaban J connectivity index is 2.48. The molecule has 0 aliphatic rings. The molecule has 2 aromatic rings. The molecular formula is C13H14O3. The number of aliphatic hydroxyl groups is 1. The number of hydrogen-bond acceptors (Lipinski definition) is 3. The summed E-state index contributed by atoms with van der Waals surface area (Å²) in [4.78, 5) is 11.7. The predicted molar refractivity (Wildman–Crippen MR) is 61.6 cm³/mol. The number of para-hydroxylation sites is 1. The van der Waals surface area contributed by atoms with E-state index in [1.165, 1.54) is 0 Å². The van der Waals surface area contributed by atoms with E-state index >= 15 is 0 Å². The van der Waals surface area contributed by atoms with Gasteiger partial charge >= 0.3 is 0 Å². The van der Waals surface area contributed by atoms with Gasteiger partial charge in [0, 0.05) is 5.39 Å². The molecule has 1 aromatic carbocycles. The number of aliphatic hydroxyl groups excluding tert-OH is 1. The van der Waals surface area contributed by atoms with Crippen LogP contribution in [0, 0.1) is 6.92 Å². The van der Waals surface area contributed by atoms with Crippen molar-refractivity contribution in [3.05, 3.63) is 35.6 Å². The van der Waals surface area contributed by atoms with Crippen LogP contribution in [0.25, 0.3) is 11.0 Å². The third-order valence-electron chi connectivity index (χ3n) is 2.67. The summed E-state index contributed by atoms with van der Waals surface area (Å²) in [6.45, 7) is 3.69. The van der Waals surface area contributed by atoms with Crippen LogP contribution >= 0.6 is 0 Å². The van der Waals surface area contributed by atoms with Crippen LogP contribution in [-0.2, 0) is 0 Å². The van der Waals surface area contributed by atoms with E-state index in [4.69, 9.17) is 4.42 Å².